The number of likely N-dealkylation sites (tertiary alicyclic amines) is 1. The molecule has 1 aliphatic heterocycles. The molecule has 1 aromatic carbocycles. The lowest BCUT2D eigenvalue weighted by molar-refractivity contribution is -0.116. The Morgan fingerprint density at radius 3 is 2.96 bits per heavy atom. The standard InChI is InChI=1S/C19H26N4O2/c1-25-17-4-2-3-16(13-17)22-19(24)6-5-15-7-11-23(12-8-15)14-18-20-9-10-21-18/h2-4,9-10,13,15H,5-8,11-12,14H2,1H3,(H,20,21)(H,22,24). The summed E-state index contributed by atoms with van der Waals surface area (Å²) in [5.41, 5.74) is 0.789. The summed E-state index contributed by atoms with van der Waals surface area (Å²) in [7, 11) is 1.62. The Kier molecular flexibility index (Phi) is 6.06. The minimum absolute atomic E-state index is 0.0752. The van der Waals surface area contributed by atoms with Gasteiger partial charge in [0.2, 0.25) is 5.91 Å². The van der Waals surface area contributed by atoms with Crippen molar-refractivity contribution in [2.24, 2.45) is 5.92 Å². The average Bonchev–Trinajstić information content (AvgIpc) is 3.14. The van der Waals surface area contributed by atoms with Crippen LogP contribution >= 0.6 is 0 Å². The number of aromatic nitrogens is 2. The number of nitrogens with zero attached hydrogens (tertiary/aromatic N) is 2. The van der Waals surface area contributed by atoms with Crippen molar-refractivity contribution in [3.05, 3.63) is 42.5 Å². The number of nitrogens with one attached hydrogen (secondary N) is 2. The SMILES string of the molecule is COc1cccc(NC(=O)CCC2CCN(Cc3ncc[nH]3)CC2)c1. The number of H-pyrrole nitrogens is 1. The van der Waals surface area contributed by atoms with Crippen LogP contribution in [0.3, 0.4) is 0 Å². The highest BCUT2D eigenvalue weighted by molar-refractivity contribution is 5.90. The molecule has 2 heterocycles. The number of methoxy groups -OCH3 is 1. The molecule has 3 rings (SSSR count). The maximum atomic E-state index is 12.2. The van der Waals surface area contributed by atoms with E-state index >= 15 is 0 Å². The summed E-state index contributed by atoms with van der Waals surface area (Å²) < 4.78 is 5.18. The van der Waals surface area contributed by atoms with Crippen LogP contribution < -0.4 is 10.1 Å². The van der Waals surface area contributed by atoms with Gasteiger partial charge in [-0.3, -0.25) is 9.69 Å². The van der Waals surface area contributed by atoms with Crippen molar-refractivity contribution < 1.29 is 9.53 Å². The van der Waals surface area contributed by atoms with Crippen LogP contribution in [0.4, 0.5) is 5.69 Å². The van der Waals surface area contributed by atoms with E-state index < -0.39 is 0 Å². The van der Waals surface area contributed by atoms with Gasteiger partial charge in [-0.2, -0.15) is 0 Å². The van der Waals surface area contributed by atoms with Gasteiger partial charge in [-0.15, -0.1) is 0 Å². The number of hydrogen-bond acceptors (Lipinski definition) is 4. The molecule has 0 saturated carbocycles. The van der Waals surface area contributed by atoms with Gasteiger partial charge in [-0.05, 0) is 50.4 Å². The van der Waals surface area contributed by atoms with Crippen LogP contribution in [-0.4, -0.2) is 41.0 Å². The van der Waals surface area contributed by atoms with Crippen molar-refractivity contribution in [1.29, 1.82) is 0 Å². The van der Waals surface area contributed by atoms with Crippen LogP contribution in [0.5, 0.6) is 5.75 Å². The lowest BCUT2D eigenvalue weighted by atomic mass is 9.92. The molecule has 0 radical (unpaired) electrons. The third-order valence-corrected chi connectivity index (χ3v) is 4.77. The fourth-order valence-corrected chi connectivity index (χ4v) is 3.29. The van der Waals surface area contributed by atoms with Gasteiger partial charge in [0, 0.05) is 30.6 Å². The molecule has 1 aliphatic rings. The molecule has 6 nitrogen and oxygen atoms in total. The van der Waals surface area contributed by atoms with Gasteiger partial charge in [-0.25, -0.2) is 4.98 Å². The first-order valence-electron chi connectivity index (χ1n) is 8.87. The van der Waals surface area contributed by atoms with Gasteiger partial charge in [0.25, 0.3) is 0 Å². The Labute approximate surface area is 148 Å². The molecule has 6 heteroatoms. The molecule has 134 valence electrons. The van der Waals surface area contributed by atoms with E-state index in [2.05, 4.69) is 20.2 Å². The molecule has 0 bridgehead atoms. The normalized spacial score (nSPS) is 15.9. The van der Waals surface area contributed by atoms with E-state index in [0.29, 0.717) is 12.3 Å². The fraction of sp³-hybridized carbons (Fsp3) is 0.474. The monoisotopic (exact) mass is 342 g/mol. The summed E-state index contributed by atoms with van der Waals surface area (Å²) in [5.74, 6) is 2.48. The second kappa shape index (κ2) is 8.67. The van der Waals surface area contributed by atoms with Crippen molar-refractivity contribution >= 4 is 11.6 Å². The third-order valence-electron chi connectivity index (χ3n) is 4.77. The number of piperidine rings is 1. The minimum atomic E-state index is 0.0752. The van der Waals surface area contributed by atoms with Gasteiger partial charge in [-0.1, -0.05) is 6.07 Å². The highest BCUT2D eigenvalue weighted by atomic mass is 16.5. The molecule has 2 aromatic rings. The molecule has 0 aliphatic carbocycles. The number of hydrogen-bond donors (Lipinski definition) is 2. The molecule has 1 saturated heterocycles. The van der Waals surface area contributed by atoms with Crippen LogP contribution in [0.2, 0.25) is 0 Å². The zero-order valence-corrected chi connectivity index (χ0v) is 14.7. The smallest absolute Gasteiger partial charge is 0.224 e. The van der Waals surface area contributed by atoms with Crippen LogP contribution in [-0.2, 0) is 11.3 Å². The van der Waals surface area contributed by atoms with Crippen LogP contribution in [0.15, 0.2) is 36.7 Å². The van der Waals surface area contributed by atoms with Crippen molar-refractivity contribution in [3.8, 4) is 5.75 Å². The Hall–Kier alpha value is -2.34. The van der Waals surface area contributed by atoms with E-state index in [-0.39, 0.29) is 5.91 Å². The molecule has 1 aromatic heterocycles. The molecule has 2 N–H and O–H groups in total. The summed E-state index contributed by atoms with van der Waals surface area (Å²) in [5, 5.41) is 2.95. The first kappa shape index (κ1) is 17.5. The maximum absolute atomic E-state index is 12.2. The Morgan fingerprint density at radius 1 is 1.40 bits per heavy atom. The van der Waals surface area contributed by atoms with Gasteiger partial charge in [0.1, 0.15) is 11.6 Å². The van der Waals surface area contributed by atoms with E-state index in [9.17, 15) is 4.79 Å². The number of rotatable bonds is 7. The number of imidazole rings is 1. The highest BCUT2D eigenvalue weighted by Gasteiger charge is 2.20. The Bertz CT molecular complexity index is 664. The van der Waals surface area contributed by atoms with Crippen LogP contribution in [0.25, 0.3) is 0 Å². The van der Waals surface area contributed by atoms with E-state index in [1.807, 2.05) is 30.5 Å². The number of anilines is 1. The predicted molar refractivity (Wildman–Crippen MR) is 97.4 cm³/mol. The first-order valence-corrected chi connectivity index (χ1v) is 8.87. The van der Waals surface area contributed by atoms with Crippen molar-refractivity contribution in [2.45, 2.75) is 32.2 Å². The highest BCUT2D eigenvalue weighted by Crippen LogP contribution is 2.23. The van der Waals surface area contributed by atoms with Crippen molar-refractivity contribution in [2.75, 3.05) is 25.5 Å². The van der Waals surface area contributed by atoms with Crippen molar-refractivity contribution in [3.63, 3.8) is 0 Å². The number of ether oxygens (including phenoxy) is 1. The average molecular weight is 342 g/mol. The maximum Gasteiger partial charge on any atom is 0.224 e. The zero-order chi connectivity index (χ0) is 17.5. The van der Waals surface area contributed by atoms with Gasteiger partial charge in [0.05, 0.1) is 13.7 Å². The molecule has 0 atom stereocenters. The Morgan fingerprint density at radius 2 is 2.24 bits per heavy atom. The van der Waals surface area contributed by atoms with E-state index in [1.165, 1.54) is 0 Å². The summed E-state index contributed by atoms with van der Waals surface area (Å²) >= 11 is 0. The second-order valence-electron chi connectivity index (χ2n) is 6.57. The first-order chi connectivity index (χ1) is 12.2. The number of aromatic amines is 1. The number of carbonyl (C=O) groups excluding carboxylic acids is 1. The molecular weight excluding hydrogens is 316 g/mol. The van der Waals surface area contributed by atoms with Crippen LogP contribution in [0.1, 0.15) is 31.5 Å². The molecular formula is C19H26N4O2. The van der Waals surface area contributed by atoms with Gasteiger partial charge >= 0.3 is 0 Å². The molecule has 25 heavy (non-hydrogen) atoms. The van der Waals surface area contributed by atoms with Crippen molar-refractivity contribution in [1.82, 2.24) is 14.9 Å². The fourth-order valence-electron chi connectivity index (χ4n) is 3.29. The molecule has 0 spiro atoms. The van der Waals surface area contributed by atoms with E-state index in [1.54, 1.807) is 13.3 Å². The lowest BCUT2D eigenvalue weighted by Gasteiger charge is -2.31. The van der Waals surface area contributed by atoms with Crippen LogP contribution in [0, 0.1) is 5.92 Å². The molecule has 0 unspecified atom stereocenters. The van der Waals surface area contributed by atoms with E-state index in [0.717, 1.165) is 56.2 Å². The summed E-state index contributed by atoms with van der Waals surface area (Å²) in [6, 6.07) is 7.47. The number of carbonyl (C=O) groups is 1. The number of amides is 1. The summed E-state index contributed by atoms with van der Waals surface area (Å²) in [6.45, 7) is 3.03. The third kappa shape index (κ3) is 5.32. The van der Waals surface area contributed by atoms with Gasteiger partial charge < -0.3 is 15.0 Å². The zero-order valence-electron chi connectivity index (χ0n) is 14.7. The second-order valence-corrected chi connectivity index (χ2v) is 6.57. The summed E-state index contributed by atoms with van der Waals surface area (Å²) in [4.78, 5) is 22.0. The topological polar surface area (TPSA) is 70.2 Å². The predicted octanol–water partition coefficient (Wildman–Crippen LogP) is 3.05. The largest absolute Gasteiger partial charge is 0.497 e. The number of benzene rings is 1. The lowest BCUT2D eigenvalue weighted by Crippen LogP contribution is -2.33. The Balaban J connectivity index is 1.37. The van der Waals surface area contributed by atoms with E-state index in [4.69, 9.17) is 4.74 Å². The molecule has 1 fully saturated rings. The van der Waals surface area contributed by atoms with Gasteiger partial charge in [0.15, 0.2) is 0 Å². The minimum Gasteiger partial charge on any atom is -0.497 e. The summed E-state index contributed by atoms with van der Waals surface area (Å²) in [6.07, 6.45) is 7.47. The quantitative estimate of drug-likeness (QED) is 0.811. The molecule has 1 amide bonds.